The number of amides is 2. The standard InChI is InChI=1S/C18H19Cl3N2O2S2/c1-23(10-12-4-6-16(21)27-12)18(25)15(7-8-26-2)22-17(24)13-5-3-11(19)9-14(13)20/h3-6,9,15H,7-8,10H2,1-2H3,(H,22,24). The first-order valence-electron chi connectivity index (χ1n) is 8.06. The molecular weight excluding hydrogens is 447 g/mol. The van der Waals surface area contributed by atoms with E-state index in [4.69, 9.17) is 34.8 Å². The molecule has 0 aliphatic heterocycles. The van der Waals surface area contributed by atoms with Gasteiger partial charge >= 0.3 is 0 Å². The van der Waals surface area contributed by atoms with Crippen LogP contribution in [0.15, 0.2) is 30.3 Å². The summed E-state index contributed by atoms with van der Waals surface area (Å²) in [6, 6.07) is 7.69. The number of likely N-dealkylation sites (N-methyl/N-ethyl adjacent to an activating group) is 1. The zero-order valence-corrected chi connectivity index (χ0v) is 18.7. The van der Waals surface area contributed by atoms with Crippen molar-refractivity contribution < 1.29 is 9.59 Å². The molecule has 4 nitrogen and oxygen atoms in total. The lowest BCUT2D eigenvalue weighted by molar-refractivity contribution is -0.132. The minimum absolute atomic E-state index is 0.160. The second-order valence-electron chi connectivity index (χ2n) is 5.83. The fourth-order valence-corrected chi connectivity index (χ4v) is 4.52. The van der Waals surface area contributed by atoms with Crippen molar-refractivity contribution in [2.45, 2.75) is 19.0 Å². The van der Waals surface area contributed by atoms with E-state index in [1.165, 1.54) is 17.4 Å². The number of benzene rings is 1. The highest BCUT2D eigenvalue weighted by Gasteiger charge is 2.25. The first-order valence-corrected chi connectivity index (χ1v) is 11.4. The molecule has 27 heavy (non-hydrogen) atoms. The number of nitrogens with zero attached hydrogens (tertiary/aromatic N) is 1. The fourth-order valence-electron chi connectivity index (χ4n) is 2.42. The molecule has 2 amide bonds. The summed E-state index contributed by atoms with van der Waals surface area (Å²) in [5.41, 5.74) is 0.288. The Balaban J connectivity index is 2.10. The van der Waals surface area contributed by atoms with E-state index in [1.54, 1.807) is 41.9 Å². The maximum Gasteiger partial charge on any atom is 0.253 e. The highest BCUT2D eigenvalue weighted by molar-refractivity contribution is 7.98. The van der Waals surface area contributed by atoms with E-state index in [1.807, 2.05) is 12.3 Å². The third kappa shape index (κ3) is 6.57. The molecule has 0 spiro atoms. The lowest BCUT2D eigenvalue weighted by atomic mass is 10.1. The Kier molecular flexibility index (Phi) is 8.76. The summed E-state index contributed by atoms with van der Waals surface area (Å²) in [5.74, 6) is 0.180. The third-order valence-corrected chi connectivity index (χ3v) is 6.20. The van der Waals surface area contributed by atoms with Crippen molar-refractivity contribution >= 4 is 69.7 Å². The normalized spacial score (nSPS) is 11.9. The molecule has 1 aromatic heterocycles. The fraction of sp³-hybridized carbons (Fsp3) is 0.333. The highest BCUT2D eigenvalue weighted by atomic mass is 35.5. The van der Waals surface area contributed by atoms with Crippen LogP contribution in [0.4, 0.5) is 0 Å². The maximum atomic E-state index is 12.9. The van der Waals surface area contributed by atoms with Gasteiger partial charge in [-0.3, -0.25) is 9.59 Å². The Morgan fingerprint density at radius 2 is 1.96 bits per heavy atom. The summed E-state index contributed by atoms with van der Waals surface area (Å²) in [7, 11) is 1.71. The van der Waals surface area contributed by atoms with Crippen LogP contribution in [0, 0.1) is 0 Å². The highest BCUT2D eigenvalue weighted by Crippen LogP contribution is 2.23. The van der Waals surface area contributed by atoms with Crippen molar-refractivity contribution in [3.8, 4) is 0 Å². The minimum Gasteiger partial charge on any atom is -0.340 e. The van der Waals surface area contributed by atoms with Crippen LogP contribution in [0.25, 0.3) is 0 Å². The van der Waals surface area contributed by atoms with Gasteiger partial charge in [-0.1, -0.05) is 34.8 Å². The van der Waals surface area contributed by atoms with E-state index in [2.05, 4.69) is 5.32 Å². The number of hydrogen-bond acceptors (Lipinski definition) is 4. The lowest BCUT2D eigenvalue weighted by Gasteiger charge is -2.24. The molecule has 1 aromatic carbocycles. The second kappa shape index (κ2) is 10.6. The van der Waals surface area contributed by atoms with Gasteiger partial charge < -0.3 is 10.2 Å². The van der Waals surface area contributed by atoms with Gasteiger partial charge in [-0.05, 0) is 48.8 Å². The Hall–Kier alpha value is -0.920. The summed E-state index contributed by atoms with van der Waals surface area (Å²) >= 11 is 21.0. The molecule has 2 aromatic rings. The quantitative estimate of drug-likeness (QED) is 0.581. The number of hydrogen-bond donors (Lipinski definition) is 1. The van der Waals surface area contributed by atoms with Gasteiger partial charge in [0.25, 0.3) is 5.91 Å². The van der Waals surface area contributed by atoms with Crippen LogP contribution in [-0.2, 0) is 11.3 Å². The van der Waals surface area contributed by atoms with Crippen LogP contribution in [0.1, 0.15) is 21.7 Å². The van der Waals surface area contributed by atoms with Gasteiger partial charge in [0, 0.05) is 16.9 Å². The van der Waals surface area contributed by atoms with Gasteiger partial charge in [0.1, 0.15) is 6.04 Å². The van der Waals surface area contributed by atoms with Gasteiger partial charge in [-0.15, -0.1) is 11.3 Å². The molecule has 2 rings (SSSR count). The zero-order chi connectivity index (χ0) is 20.0. The SMILES string of the molecule is CSCCC(NC(=O)c1ccc(Cl)cc1Cl)C(=O)N(C)Cc1ccc(Cl)s1. The van der Waals surface area contributed by atoms with E-state index in [9.17, 15) is 9.59 Å². The molecule has 0 fully saturated rings. The molecule has 1 N–H and O–H groups in total. The molecule has 0 saturated carbocycles. The average molecular weight is 466 g/mol. The van der Waals surface area contributed by atoms with Gasteiger partial charge in [0.15, 0.2) is 0 Å². The van der Waals surface area contributed by atoms with Crippen LogP contribution >= 0.6 is 57.9 Å². The average Bonchev–Trinajstić information content (AvgIpc) is 3.02. The predicted octanol–water partition coefficient (Wildman–Crippen LogP) is 5.22. The summed E-state index contributed by atoms with van der Waals surface area (Å²) in [6.07, 6.45) is 2.48. The predicted molar refractivity (Wildman–Crippen MR) is 117 cm³/mol. The monoisotopic (exact) mass is 464 g/mol. The molecule has 0 saturated heterocycles. The zero-order valence-electron chi connectivity index (χ0n) is 14.8. The van der Waals surface area contributed by atoms with Crippen molar-refractivity contribution in [1.29, 1.82) is 0 Å². The molecule has 0 aliphatic carbocycles. The van der Waals surface area contributed by atoms with Crippen molar-refractivity contribution in [3.63, 3.8) is 0 Å². The number of carbonyl (C=O) groups excluding carboxylic acids is 2. The van der Waals surface area contributed by atoms with Gasteiger partial charge in [-0.25, -0.2) is 0 Å². The van der Waals surface area contributed by atoms with Crippen molar-refractivity contribution in [2.24, 2.45) is 0 Å². The van der Waals surface area contributed by atoms with Crippen molar-refractivity contribution in [1.82, 2.24) is 10.2 Å². The van der Waals surface area contributed by atoms with Crippen LogP contribution in [0.3, 0.4) is 0 Å². The maximum absolute atomic E-state index is 12.9. The number of thiophene rings is 1. The Labute approximate surface area is 182 Å². The van der Waals surface area contributed by atoms with E-state index in [-0.39, 0.29) is 16.5 Å². The lowest BCUT2D eigenvalue weighted by Crippen LogP contribution is -2.47. The van der Waals surface area contributed by atoms with Gasteiger partial charge in [0.2, 0.25) is 5.91 Å². The molecule has 0 radical (unpaired) electrons. The Bertz CT molecular complexity index is 814. The van der Waals surface area contributed by atoms with Crippen LogP contribution in [0.2, 0.25) is 14.4 Å². The van der Waals surface area contributed by atoms with Crippen LogP contribution in [-0.4, -0.2) is 41.8 Å². The van der Waals surface area contributed by atoms with E-state index >= 15 is 0 Å². The van der Waals surface area contributed by atoms with Crippen molar-refractivity contribution in [3.05, 3.63) is 55.2 Å². The number of thioether (sulfide) groups is 1. The molecule has 1 atom stereocenters. The topological polar surface area (TPSA) is 49.4 Å². The first-order chi connectivity index (χ1) is 12.8. The van der Waals surface area contributed by atoms with E-state index in [0.29, 0.717) is 22.3 Å². The molecule has 0 bridgehead atoms. The summed E-state index contributed by atoms with van der Waals surface area (Å²) < 4.78 is 0.676. The largest absolute Gasteiger partial charge is 0.340 e. The number of halogens is 3. The molecule has 0 aliphatic rings. The second-order valence-corrected chi connectivity index (χ2v) is 9.46. The molecule has 1 heterocycles. The molecule has 1 unspecified atom stereocenters. The summed E-state index contributed by atoms with van der Waals surface area (Å²) in [4.78, 5) is 28.1. The summed E-state index contributed by atoms with van der Waals surface area (Å²) in [6.45, 7) is 0.434. The van der Waals surface area contributed by atoms with Gasteiger partial charge in [0.05, 0.1) is 21.5 Å². The summed E-state index contributed by atoms with van der Waals surface area (Å²) in [5, 5.41) is 3.50. The molecular formula is C18H19Cl3N2O2S2. The smallest absolute Gasteiger partial charge is 0.253 e. The Morgan fingerprint density at radius 3 is 2.56 bits per heavy atom. The number of nitrogens with one attached hydrogen (secondary N) is 1. The molecule has 9 heteroatoms. The van der Waals surface area contributed by atoms with E-state index < -0.39 is 11.9 Å². The van der Waals surface area contributed by atoms with Gasteiger partial charge in [-0.2, -0.15) is 11.8 Å². The van der Waals surface area contributed by atoms with Crippen LogP contribution < -0.4 is 5.32 Å². The first kappa shape index (κ1) is 22.4. The van der Waals surface area contributed by atoms with Crippen LogP contribution in [0.5, 0.6) is 0 Å². The van der Waals surface area contributed by atoms with Crippen molar-refractivity contribution in [2.75, 3.05) is 19.1 Å². The minimum atomic E-state index is -0.642. The Morgan fingerprint density at radius 1 is 1.22 bits per heavy atom. The molecule has 146 valence electrons. The number of carbonyl (C=O) groups is 2. The number of rotatable bonds is 8. The third-order valence-electron chi connectivity index (χ3n) is 3.79. The van der Waals surface area contributed by atoms with E-state index in [0.717, 1.165) is 10.6 Å².